The van der Waals surface area contributed by atoms with Gasteiger partial charge >= 0.3 is 0 Å². The van der Waals surface area contributed by atoms with Crippen LogP contribution in [0.1, 0.15) is 32.3 Å². The Hall–Kier alpha value is -0.970. The van der Waals surface area contributed by atoms with Crippen LogP contribution in [-0.4, -0.2) is 23.6 Å². The molecule has 4 heteroatoms. The van der Waals surface area contributed by atoms with Crippen LogP contribution in [0.2, 0.25) is 0 Å². The van der Waals surface area contributed by atoms with E-state index >= 15 is 0 Å². The monoisotopic (exact) mass is 266 g/mol. The summed E-state index contributed by atoms with van der Waals surface area (Å²) in [4.78, 5) is 0. The Morgan fingerprint density at radius 2 is 1.95 bits per heavy atom. The summed E-state index contributed by atoms with van der Waals surface area (Å²) >= 11 is 0. The quantitative estimate of drug-likeness (QED) is 0.894. The number of aliphatic hydroxyl groups is 1. The fourth-order valence-electron chi connectivity index (χ4n) is 3.09. The number of hydrogen-bond acceptors (Lipinski definition) is 3. The second-order valence-corrected chi connectivity index (χ2v) is 5.94. The zero-order chi connectivity index (χ0) is 13.7. The Balaban J connectivity index is 1.80. The lowest BCUT2D eigenvalue weighted by atomic mass is 9.63. The van der Waals surface area contributed by atoms with Crippen LogP contribution < -0.4 is 0 Å². The minimum atomic E-state index is -0.915. The lowest BCUT2D eigenvalue weighted by molar-refractivity contribution is -0.186. The highest BCUT2D eigenvalue weighted by Gasteiger charge is 2.53. The highest BCUT2D eigenvalue weighted by molar-refractivity contribution is 5.27. The number of benzene rings is 1. The van der Waals surface area contributed by atoms with Crippen molar-refractivity contribution in [2.45, 2.75) is 44.2 Å². The molecule has 1 aliphatic heterocycles. The van der Waals surface area contributed by atoms with Crippen molar-refractivity contribution >= 4 is 0 Å². The van der Waals surface area contributed by atoms with Crippen LogP contribution >= 0.6 is 0 Å². The first-order chi connectivity index (χ1) is 8.91. The van der Waals surface area contributed by atoms with Gasteiger partial charge < -0.3 is 14.6 Å². The van der Waals surface area contributed by atoms with E-state index in [-0.39, 0.29) is 17.8 Å². The number of ether oxygens (including phenoxy) is 2. The van der Waals surface area contributed by atoms with Crippen LogP contribution in [0.5, 0.6) is 0 Å². The maximum absolute atomic E-state index is 13.0. The number of halogens is 1. The van der Waals surface area contributed by atoms with E-state index in [1.54, 1.807) is 12.1 Å². The molecule has 2 fully saturated rings. The normalized spacial score (nSPS) is 37.1. The van der Waals surface area contributed by atoms with Gasteiger partial charge in [-0.15, -0.1) is 0 Å². The van der Waals surface area contributed by atoms with Crippen molar-refractivity contribution < 1.29 is 19.0 Å². The number of rotatable bonds is 2. The van der Waals surface area contributed by atoms with Crippen LogP contribution in [0.25, 0.3) is 0 Å². The average molecular weight is 266 g/mol. The van der Waals surface area contributed by atoms with Gasteiger partial charge in [0.25, 0.3) is 0 Å². The van der Waals surface area contributed by atoms with Gasteiger partial charge in [0.1, 0.15) is 5.82 Å². The molecule has 19 heavy (non-hydrogen) atoms. The molecular weight excluding hydrogens is 247 g/mol. The maximum Gasteiger partial charge on any atom is 0.163 e. The molecule has 3 rings (SSSR count). The molecule has 104 valence electrons. The van der Waals surface area contributed by atoms with E-state index in [1.165, 1.54) is 12.1 Å². The van der Waals surface area contributed by atoms with Gasteiger partial charge in [-0.1, -0.05) is 12.1 Å². The van der Waals surface area contributed by atoms with Gasteiger partial charge in [-0.2, -0.15) is 0 Å². The molecule has 1 heterocycles. The molecule has 0 aromatic heterocycles. The van der Waals surface area contributed by atoms with Gasteiger partial charge in [0.05, 0.1) is 18.3 Å². The van der Waals surface area contributed by atoms with Gasteiger partial charge in [-0.05, 0) is 44.4 Å². The summed E-state index contributed by atoms with van der Waals surface area (Å²) in [5, 5.41) is 10.8. The smallest absolute Gasteiger partial charge is 0.163 e. The van der Waals surface area contributed by atoms with E-state index in [9.17, 15) is 9.50 Å². The van der Waals surface area contributed by atoms with E-state index in [0.717, 1.165) is 12.0 Å². The van der Waals surface area contributed by atoms with Crippen LogP contribution in [0, 0.1) is 11.7 Å². The molecule has 3 atom stereocenters. The minimum Gasteiger partial charge on any atom is -0.385 e. The van der Waals surface area contributed by atoms with Crippen molar-refractivity contribution in [2.24, 2.45) is 5.92 Å². The predicted octanol–water partition coefficient (Wildman–Crippen LogP) is 2.57. The van der Waals surface area contributed by atoms with Crippen molar-refractivity contribution in [1.29, 1.82) is 0 Å². The lowest BCUT2D eigenvalue weighted by Crippen LogP contribution is -2.51. The van der Waals surface area contributed by atoms with Crippen LogP contribution in [0.4, 0.5) is 4.39 Å². The third-order valence-corrected chi connectivity index (χ3v) is 4.27. The third-order valence-electron chi connectivity index (χ3n) is 4.27. The fraction of sp³-hybridized carbons (Fsp3) is 0.600. The van der Waals surface area contributed by atoms with Crippen molar-refractivity contribution in [1.82, 2.24) is 0 Å². The van der Waals surface area contributed by atoms with E-state index in [1.807, 2.05) is 13.8 Å². The molecule has 0 spiro atoms. The first kappa shape index (κ1) is 13.0. The summed E-state index contributed by atoms with van der Waals surface area (Å²) in [6, 6.07) is 6.09. The van der Waals surface area contributed by atoms with E-state index in [4.69, 9.17) is 9.47 Å². The zero-order valence-corrected chi connectivity index (χ0v) is 11.2. The molecule has 1 saturated heterocycles. The van der Waals surface area contributed by atoms with Crippen molar-refractivity contribution in [3.63, 3.8) is 0 Å². The molecule has 0 amide bonds. The van der Waals surface area contributed by atoms with Gasteiger partial charge in [-0.3, -0.25) is 0 Å². The molecule has 0 unspecified atom stereocenters. The van der Waals surface area contributed by atoms with Crippen LogP contribution in [0.15, 0.2) is 24.3 Å². The fourth-order valence-corrected chi connectivity index (χ4v) is 3.09. The SMILES string of the molecule is CC1(C)OC[C@H]([C@@H]2CC[C@@]2(O)c2ccc(F)cc2)O1. The molecule has 1 aromatic rings. The van der Waals surface area contributed by atoms with Gasteiger partial charge in [0, 0.05) is 5.92 Å². The Labute approximate surface area is 112 Å². The Morgan fingerprint density at radius 1 is 1.26 bits per heavy atom. The minimum absolute atomic E-state index is 0.0136. The first-order valence-electron chi connectivity index (χ1n) is 6.71. The topological polar surface area (TPSA) is 38.7 Å². The van der Waals surface area contributed by atoms with Crippen LogP contribution in [-0.2, 0) is 15.1 Å². The van der Waals surface area contributed by atoms with Crippen molar-refractivity contribution in [3.05, 3.63) is 35.6 Å². The van der Waals surface area contributed by atoms with E-state index in [0.29, 0.717) is 13.0 Å². The van der Waals surface area contributed by atoms with Gasteiger partial charge in [-0.25, -0.2) is 4.39 Å². The molecule has 1 aromatic carbocycles. The Kier molecular flexibility index (Phi) is 2.93. The van der Waals surface area contributed by atoms with E-state index < -0.39 is 11.4 Å². The maximum atomic E-state index is 13.0. The molecule has 0 bridgehead atoms. The summed E-state index contributed by atoms with van der Waals surface area (Å²) in [5.74, 6) is -0.853. The van der Waals surface area contributed by atoms with E-state index in [2.05, 4.69) is 0 Å². The second kappa shape index (κ2) is 4.27. The first-order valence-corrected chi connectivity index (χ1v) is 6.71. The summed E-state index contributed by atoms with van der Waals surface area (Å²) in [7, 11) is 0. The highest BCUT2D eigenvalue weighted by Crippen LogP contribution is 2.50. The summed E-state index contributed by atoms with van der Waals surface area (Å²) in [5.41, 5.74) is -0.152. The molecule has 1 N–H and O–H groups in total. The largest absolute Gasteiger partial charge is 0.385 e. The summed E-state index contributed by atoms with van der Waals surface area (Å²) in [6.45, 7) is 4.26. The molecule has 1 saturated carbocycles. The predicted molar refractivity (Wildman–Crippen MR) is 67.9 cm³/mol. The highest BCUT2D eigenvalue weighted by atomic mass is 19.1. The standard InChI is InChI=1S/C15H19FO3/c1-14(2)18-9-13(19-14)12-7-8-15(12,17)10-3-5-11(16)6-4-10/h3-6,12-13,17H,7-9H2,1-2H3/t12-,13+,15+/m0/s1. The molecule has 0 radical (unpaired) electrons. The average Bonchev–Trinajstić information content (AvgIpc) is 2.68. The Morgan fingerprint density at radius 3 is 2.42 bits per heavy atom. The van der Waals surface area contributed by atoms with Crippen LogP contribution in [0.3, 0.4) is 0 Å². The molecular formula is C15H19FO3. The number of hydrogen-bond donors (Lipinski definition) is 1. The summed E-state index contributed by atoms with van der Waals surface area (Å²) in [6.07, 6.45) is 1.49. The Bertz CT molecular complexity index is 471. The molecule has 3 nitrogen and oxygen atoms in total. The summed E-state index contributed by atoms with van der Waals surface area (Å²) < 4.78 is 24.4. The van der Waals surface area contributed by atoms with Gasteiger partial charge in [0.15, 0.2) is 5.79 Å². The van der Waals surface area contributed by atoms with Crippen molar-refractivity contribution in [2.75, 3.05) is 6.61 Å². The van der Waals surface area contributed by atoms with Crippen molar-refractivity contribution in [3.8, 4) is 0 Å². The second-order valence-electron chi connectivity index (χ2n) is 5.94. The van der Waals surface area contributed by atoms with Gasteiger partial charge in [0.2, 0.25) is 0 Å². The molecule has 1 aliphatic carbocycles. The lowest BCUT2D eigenvalue weighted by Gasteiger charge is -2.48. The third kappa shape index (κ3) is 2.18. The molecule has 2 aliphatic rings. The zero-order valence-electron chi connectivity index (χ0n) is 11.2.